The number of hydrogen-bond acceptors (Lipinski definition) is 4. The molecule has 0 aliphatic carbocycles. The zero-order valence-electron chi connectivity index (χ0n) is 8.50. The topological polar surface area (TPSA) is 51.0 Å². The van der Waals surface area contributed by atoms with Gasteiger partial charge >= 0.3 is 0 Å². The summed E-state index contributed by atoms with van der Waals surface area (Å²) in [5, 5.41) is 6.30. The first-order valence-electron chi connectivity index (χ1n) is 4.64. The van der Waals surface area contributed by atoms with Gasteiger partial charge in [-0.15, -0.1) is 0 Å². The molecule has 1 N–H and O–H groups in total. The van der Waals surface area contributed by atoms with Crippen LogP contribution in [0, 0.1) is 18.6 Å². The smallest absolute Gasteiger partial charge is 0.223 e. The van der Waals surface area contributed by atoms with Crippen molar-refractivity contribution >= 4 is 5.69 Å². The van der Waals surface area contributed by atoms with E-state index in [1.807, 2.05) is 0 Å². The van der Waals surface area contributed by atoms with Gasteiger partial charge in [-0.25, -0.2) is 8.78 Å². The maximum Gasteiger partial charge on any atom is 0.223 e. The predicted octanol–water partition coefficient (Wildman–Crippen LogP) is 2.27. The molecule has 16 heavy (non-hydrogen) atoms. The molecule has 0 spiro atoms. The minimum Gasteiger partial charge on any atom is -0.375 e. The number of aromatic nitrogens is 2. The third-order valence-corrected chi connectivity index (χ3v) is 1.96. The van der Waals surface area contributed by atoms with Gasteiger partial charge in [0.1, 0.15) is 0 Å². The molecule has 1 aromatic heterocycles. The number of hydrogen-bond donors (Lipinski definition) is 1. The number of anilines is 1. The molecule has 0 radical (unpaired) electrons. The van der Waals surface area contributed by atoms with E-state index in [4.69, 9.17) is 4.52 Å². The standard InChI is InChI=1S/C10H9F2N3O/c1-6-14-9(15-16-6)5-13-8-4-2-3-7(11)10(8)12/h2-4,13H,5H2,1H3. The second-order valence-corrected chi connectivity index (χ2v) is 3.18. The lowest BCUT2D eigenvalue weighted by Gasteiger charge is -2.04. The average Bonchev–Trinajstić information content (AvgIpc) is 2.67. The molecule has 0 saturated heterocycles. The van der Waals surface area contributed by atoms with Crippen LogP contribution >= 0.6 is 0 Å². The molecule has 1 aromatic carbocycles. The van der Waals surface area contributed by atoms with Crippen LogP contribution in [-0.4, -0.2) is 10.1 Å². The van der Waals surface area contributed by atoms with Crippen molar-refractivity contribution in [1.82, 2.24) is 10.1 Å². The van der Waals surface area contributed by atoms with Crippen LogP contribution in [0.4, 0.5) is 14.5 Å². The summed E-state index contributed by atoms with van der Waals surface area (Å²) in [6.45, 7) is 1.83. The van der Waals surface area contributed by atoms with Gasteiger partial charge in [0.25, 0.3) is 0 Å². The van der Waals surface area contributed by atoms with E-state index in [0.717, 1.165) is 6.07 Å². The third kappa shape index (κ3) is 2.16. The Morgan fingerprint density at radius 2 is 2.19 bits per heavy atom. The molecule has 1 heterocycles. The van der Waals surface area contributed by atoms with Gasteiger partial charge < -0.3 is 9.84 Å². The van der Waals surface area contributed by atoms with E-state index in [1.54, 1.807) is 6.92 Å². The minimum atomic E-state index is -0.914. The predicted molar refractivity (Wildman–Crippen MR) is 52.7 cm³/mol. The molecule has 0 aliphatic heterocycles. The fraction of sp³-hybridized carbons (Fsp3) is 0.200. The van der Waals surface area contributed by atoms with Crippen molar-refractivity contribution in [2.45, 2.75) is 13.5 Å². The Morgan fingerprint density at radius 1 is 1.38 bits per heavy atom. The second-order valence-electron chi connectivity index (χ2n) is 3.18. The summed E-state index contributed by atoms with van der Waals surface area (Å²) in [5.41, 5.74) is 0.0717. The molecule has 0 amide bonds. The van der Waals surface area contributed by atoms with E-state index in [9.17, 15) is 8.78 Å². The Labute approximate surface area is 90.3 Å². The van der Waals surface area contributed by atoms with Crippen LogP contribution in [0.1, 0.15) is 11.7 Å². The molecule has 0 bridgehead atoms. The molecular weight excluding hydrogens is 216 g/mol. The summed E-state index contributed by atoms with van der Waals surface area (Å²) < 4.78 is 30.8. The molecular formula is C10H9F2N3O. The van der Waals surface area contributed by atoms with Gasteiger partial charge in [0.15, 0.2) is 17.5 Å². The Balaban J connectivity index is 2.07. The van der Waals surface area contributed by atoms with Crippen molar-refractivity contribution in [1.29, 1.82) is 0 Å². The molecule has 0 aliphatic rings. The molecule has 0 atom stereocenters. The van der Waals surface area contributed by atoms with Gasteiger partial charge in [0, 0.05) is 6.92 Å². The van der Waals surface area contributed by atoms with Gasteiger partial charge in [-0.05, 0) is 12.1 Å². The fourth-order valence-corrected chi connectivity index (χ4v) is 1.23. The maximum atomic E-state index is 13.2. The molecule has 2 aromatic rings. The Morgan fingerprint density at radius 3 is 2.88 bits per heavy atom. The highest BCUT2D eigenvalue weighted by Crippen LogP contribution is 2.16. The van der Waals surface area contributed by atoms with Crippen molar-refractivity contribution in [2.75, 3.05) is 5.32 Å². The first kappa shape index (κ1) is 10.5. The van der Waals surface area contributed by atoms with Crippen molar-refractivity contribution in [2.24, 2.45) is 0 Å². The number of halogens is 2. The Bertz CT molecular complexity index is 499. The van der Waals surface area contributed by atoms with Crippen LogP contribution in [0.15, 0.2) is 22.7 Å². The molecule has 2 rings (SSSR count). The monoisotopic (exact) mass is 225 g/mol. The first-order chi connectivity index (χ1) is 7.66. The van der Waals surface area contributed by atoms with Crippen LogP contribution in [0.25, 0.3) is 0 Å². The Hall–Kier alpha value is -1.98. The lowest BCUT2D eigenvalue weighted by Crippen LogP contribution is -2.04. The zero-order valence-corrected chi connectivity index (χ0v) is 8.50. The molecule has 0 fully saturated rings. The zero-order chi connectivity index (χ0) is 11.5. The highest BCUT2D eigenvalue weighted by Gasteiger charge is 2.08. The van der Waals surface area contributed by atoms with Gasteiger partial charge in [0.2, 0.25) is 5.89 Å². The quantitative estimate of drug-likeness (QED) is 0.870. The van der Waals surface area contributed by atoms with E-state index >= 15 is 0 Å². The number of rotatable bonds is 3. The Kier molecular flexibility index (Phi) is 2.80. The van der Waals surface area contributed by atoms with Gasteiger partial charge in [-0.1, -0.05) is 11.2 Å². The molecule has 0 saturated carbocycles. The largest absolute Gasteiger partial charge is 0.375 e. The number of nitrogens with zero attached hydrogens (tertiary/aromatic N) is 2. The molecule has 4 nitrogen and oxygen atoms in total. The van der Waals surface area contributed by atoms with Gasteiger partial charge in [-0.3, -0.25) is 0 Å². The number of nitrogens with one attached hydrogen (secondary N) is 1. The van der Waals surface area contributed by atoms with Crippen LogP contribution in [-0.2, 0) is 6.54 Å². The van der Waals surface area contributed by atoms with Crippen LogP contribution in [0.3, 0.4) is 0 Å². The third-order valence-electron chi connectivity index (χ3n) is 1.96. The van der Waals surface area contributed by atoms with E-state index in [-0.39, 0.29) is 12.2 Å². The lowest BCUT2D eigenvalue weighted by atomic mass is 10.3. The second kappa shape index (κ2) is 4.26. The summed E-state index contributed by atoms with van der Waals surface area (Å²) >= 11 is 0. The van der Waals surface area contributed by atoms with Gasteiger partial charge in [-0.2, -0.15) is 4.98 Å². The SMILES string of the molecule is Cc1nc(CNc2cccc(F)c2F)no1. The van der Waals surface area contributed by atoms with E-state index < -0.39 is 11.6 Å². The fourth-order valence-electron chi connectivity index (χ4n) is 1.23. The highest BCUT2D eigenvalue weighted by atomic mass is 19.2. The summed E-state index contributed by atoms with van der Waals surface area (Å²) in [6.07, 6.45) is 0. The summed E-state index contributed by atoms with van der Waals surface area (Å²) in [5.74, 6) is -0.991. The normalized spacial score (nSPS) is 10.4. The van der Waals surface area contributed by atoms with E-state index in [1.165, 1.54) is 12.1 Å². The highest BCUT2D eigenvalue weighted by molar-refractivity contribution is 5.44. The first-order valence-corrected chi connectivity index (χ1v) is 4.64. The van der Waals surface area contributed by atoms with Crippen LogP contribution < -0.4 is 5.32 Å². The number of benzene rings is 1. The lowest BCUT2D eigenvalue weighted by molar-refractivity contribution is 0.388. The van der Waals surface area contributed by atoms with Crippen molar-refractivity contribution < 1.29 is 13.3 Å². The van der Waals surface area contributed by atoms with Crippen LogP contribution in [0.5, 0.6) is 0 Å². The summed E-state index contributed by atoms with van der Waals surface area (Å²) in [4.78, 5) is 3.92. The number of aryl methyl sites for hydroxylation is 1. The summed E-state index contributed by atoms with van der Waals surface area (Å²) in [6, 6.07) is 3.91. The molecule has 0 unspecified atom stereocenters. The van der Waals surface area contributed by atoms with Crippen molar-refractivity contribution in [3.63, 3.8) is 0 Å². The molecule has 84 valence electrons. The average molecular weight is 225 g/mol. The molecule has 6 heteroatoms. The summed E-state index contributed by atoms with van der Waals surface area (Å²) in [7, 11) is 0. The van der Waals surface area contributed by atoms with E-state index in [0.29, 0.717) is 11.7 Å². The van der Waals surface area contributed by atoms with Gasteiger partial charge in [0.05, 0.1) is 12.2 Å². The van der Waals surface area contributed by atoms with E-state index in [2.05, 4.69) is 15.5 Å². The van der Waals surface area contributed by atoms with Crippen molar-refractivity contribution in [3.8, 4) is 0 Å². The van der Waals surface area contributed by atoms with Crippen molar-refractivity contribution in [3.05, 3.63) is 41.5 Å². The maximum absolute atomic E-state index is 13.2. The van der Waals surface area contributed by atoms with Crippen LogP contribution in [0.2, 0.25) is 0 Å². The minimum absolute atomic E-state index is 0.0717.